The Morgan fingerprint density at radius 3 is 2.35 bits per heavy atom. The third-order valence-electron chi connectivity index (χ3n) is 2.94. The van der Waals surface area contributed by atoms with Gasteiger partial charge in [0.2, 0.25) is 0 Å². The molecule has 0 aliphatic rings. The van der Waals surface area contributed by atoms with Crippen LogP contribution in [0.2, 0.25) is 0 Å². The van der Waals surface area contributed by atoms with Gasteiger partial charge in [0, 0.05) is 11.7 Å². The Bertz CT molecular complexity index is 701. The molecule has 0 unspecified atom stereocenters. The predicted molar refractivity (Wildman–Crippen MR) is 95.3 cm³/mol. The van der Waals surface area contributed by atoms with Crippen molar-refractivity contribution >= 4 is 34.6 Å². The molecule has 2 aromatic rings. The topological polar surface area (TPSA) is 53.2 Å². The highest BCUT2D eigenvalue weighted by Gasteiger charge is 2.12. The smallest absolute Gasteiger partial charge is 0.253 e. The van der Waals surface area contributed by atoms with Crippen LogP contribution in [0.25, 0.3) is 0 Å². The van der Waals surface area contributed by atoms with Gasteiger partial charge in [-0.3, -0.25) is 4.79 Å². The highest BCUT2D eigenvalue weighted by Crippen LogP contribution is 2.16. The molecule has 0 heterocycles. The first-order valence-electron chi connectivity index (χ1n) is 7.19. The minimum absolute atomic E-state index is 0.0415. The molecule has 4 nitrogen and oxygen atoms in total. The minimum Gasteiger partial charge on any atom is -0.350 e. The summed E-state index contributed by atoms with van der Waals surface area (Å²) in [5, 5.41) is 9.11. The average molecular weight is 331 g/mol. The zero-order valence-electron chi connectivity index (χ0n) is 12.9. The van der Waals surface area contributed by atoms with E-state index in [1.54, 1.807) is 30.3 Å². The first-order chi connectivity index (χ1) is 11.0. The molecule has 0 fully saturated rings. The fraction of sp³-hybridized carbons (Fsp3) is 0.176. The van der Waals surface area contributed by atoms with Crippen LogP contribution in [-0.4, -0.2) is 17.1 Å². The van der Waals surface area contributed by atoms with Crippen LogP contribution in [0.15, 0.2) is 48.5 Å². The standard InChI is InChI=1S/C17H18FN3OS/c1-11(2)19-16(22)14-5-3-4-6-15(14)21-17(23)20-13-9-7-12(18)8-10-13/h3-11H,1-2H3,(H,19,22)(H2,20,21,23). The summed E-state index contributed by atoms with van der Waals surface area (Å²) in [5.74, 6) is -0.488. The molecule has 0 aromatic heterocycles. The molecule has 3 N–H and O–H groups in total. The monoisotopic (exact) mass is 331 g/mol. The highest BCUT2D eigenvalue weighted by molar-refractivity contribution is 7.80. The second-order valence-corrected chi connectivity index (χ2v) is 5.67. The van der Waals surface area contributed by atoms with Crippen molar-refractivity contribution in [3.8, 4) is 0 Å². The zero-order chi connectivity index (χ0) is 16.8. The van der Waals surface area contributed by atoms with E-state index in [-0.39, 0.29) is 17.8 Å². The Kier molecular flexibility index (Phi) is 5.65. The van der Waals surface area contributed by atoms with Gasteiger partial charge in [0.1, 0.15) is 5.82 Å². The summed E-state index contributed by atoms with van der Waals surface area (Å²) in [5.41, 5.74) is 1.77. The number of nitrogens with one attached hydrogen (secondary N) is 3. The maximum absolute atomic E-state index is 12.9. The van der Waals surface area contributed by atoms with Gasteiger partial charge in [-0.2, -0.15) is 0 Å². The Balaban J connectivity index is 2.08. The third kappa shape index (κ3) is 5.03. The molecule has 6 heteroatoms. The van der Waals surface area contributed by atoms with Crippen LogP contribution in [-0.2, 0) is 0 Å². The van der Waals surface area contributed by atoms with Gasteiger partial charge < -0.3 is 16.0 Å². The molecule has 0 radical (unpaired) electrons. The lowest BCUT2D eigenvalue weighted by Crippen LogP contribution is -2.31. The molecule has 0 saturated heterocycles. The molecule has 23 heavy (non-hydrogen) atoms. The summed E-state index contributed by atoms with van der Waals surface area (Å²) in [6.07, 6.45) is 0. The van der Waals surface area contributed by atoms with Crippen molar-refractivity contribution in [2.45, 2.75) is 19.9 Å². The van der Waals surface area contributed by atoms with E-state index < -0.39 is 0 Å². The highest BCUT2D eigenvalue weighted by atomic mass is 32.1. The predicted octanol–water partition coefficient (Wildman–Crippen LogP) is 3.77. The van der Waals surface area contributed by atoms with E-state index in [0.29, 0.717) is 22.1 Å². The van der Waals surface area contributed by atoms with E-state index in [1.165, 1.54) is 12.1 Å². The van der Waals surface area contributed by atoms with Crippen molar-refractivity contribution < 1.29 is 9.18 Å². The van der Waals surface area contributed by atoms with E-state index in [0.717, 1.165) is 0 Å². The largest absolute Gasteiger partial charge is 0.350 e. The first kappa shape index (κ1) is 16.9. The van der Waals surface area contributed by atoms with Gasteiger partial charge in [0.25, 0.3) is 5.91 Å². The molecule has 0 atom stereocenters. The van der Waals surface area contributed by atoms with Crippen molar-refractivity contribution in [1.29, 1.82) is 0 Å². The number of halogens is 1. The number of carbonyl (C=O) groups is 1. The molecule has 120 valence electrons. The number of para-hydroxylation sites is 1. The van der Waals surface area contributed by atoms with E-state index in [1.807, 2.05) is 19.9 Å². The van der Waals surface area contributed by atoms with Gasteiger partial charge in [0.15, 0.2) is 5.11 Å². The SMILES string of the molecule is CC(C)NC(=O)c1ccccc1NC(=S)Nc1ccc(F)cc1. The Morgan fingerprint density at radius 1 is 1.04 bits per heavy atom. The number of hydrogen-bond acceptors (Lipinski definition) is 2. The van der Waals surface area contributed by atoms with E-state index in [4.69, 9.17) is 12.2 Å². The Labute approximate surface area is 140 Å². The number of hydrogen-bond donors (Lipinski definition) is 3. The third-order valence-corrected chi connectivity index (χ3v) is 3.15. The van der Waals surface area contributed by atoms with Crippen LogP contribution in [0.4, 0.5) is 15.8 Å². The summed E-state index contributed by atoms with van der Waals surface area (Å²) < 4.78 is 12.9. The molecule has 0 saturated carbocycles. The second-order valence-electron chi connectivity index (χ2n) is 5.26. The van der Waals surface area contributed by atoms with Gasteiger partial charge in [-0.15, -0.1) is 0 Å². The summed E-state index contributed by atoms with van der Waals surface area (Å²) in [6, 6.07) is 13.0. The summed E-state index contributed by atoms with van der Waals surface area (Å²) in [6.45, 7) is 3.79. The molecule has 0 aliphatic heterocycles. The number of amides is 1. The van der Waals surface area contributed by atoms with Crippen LogP contribution >= 0.6 is 12.2 Å². The number of benzene rings is 2. The van der Waals surface area contributed by atoms with Gasteiger partial charge in [-0.25, -0.2) is 4.39 Å². The lowest BCUT2D eigenvalue weighted by atomic mass is 10.1. The van der Waals surface area contributed by atoms with Gasteiger partial charge >= 0.3 is 0 Å². The Hall–Kier alpha value is -2.47. The minimum atomic E-state index is -0.315. The molecule has 2 rings (SSSR count). The number of thiocarbonyl (C=S) groups is 1. The first-order valence-corrected chi connectivity index (χ1v) is 7.60. The molecule has 2 aromatic carbocycles. The zero-order valence-corrected chi connectivity index (χ0v) is 13.7. The van der Waals surface area contributed by atoms with Gasteiger partial charge in [-0.1, -0.05) is 12.1 Å². The van der Waals surface area contributed by atoms with Crippen LogP contribution in [0.3, 0.4) is 0 Å². The summed E-state index contributed by atoms with van der Waals surface area (Å²) in [7, 11) is 0. The molecule has 0 spiro atoms. The fourth-order valence-corrected chi connectivity index (χ4v) is 2.18. The van der Waals surface area contributed by atoms with Gasteiger partial charge in [0.05, 0.1) is 11.3 Å². The van der Waals surface area contributed by atoms with Crippen LogP contribution in [0, 0.1) is 5.82 Å². The molecular formula is C17H18FN3OS. The maximum atomic E-state index is 12.9. The Morgan fingerprint density at radius 2 is 1.70 bits per heavy atom. The van der Waals surface area contributed by atoms with Crippen molar-refractivity contribution in [3.05, 3.63) is 59.9 Å². The van der Waals surface area contributed by atoms with Crippen molar-refractivity contribution in [2.24, 2.45) is 0 Å². The number of anilines is 2. The van der Waals surface area contributed by atoms with Crippen molar-refractivity contribution in [2.75, 3.05) is 10.6 Å². The normalized spacial score (nSPS) is 10.3. The quantitative estimate of drug-likeness (QED) is 0.747. The van der Waals surface area contributed by atoms with Crippen molar-refractivity contribution in [1.82, 2.24) is 5.32 Å². The van der Waals surface area contributed by atoms with Gasteiger partial charge in [-0.05, 0) is 62.5 Å². The maximum Gasteiger partial charge on any atom is 0.253 e. The molecule has 1 amide bonds. The summed E-state index contributed by atoms with van der Waals surface area (Å²) >= 11 is 5.24. The molecular weight excluding hydrogens is 313 g/mol. The number of carbonyl (C=O) groups excluding carboxylic acids is 1. The van der Waals surface area contributed by atoms with Crippen LogP contribution in [0.1, 0.15) is 24.2 Å². The second kappa shape index (κ2) is 7.69. The fourth-order valence-electron chi connectivity index (χ4n) is 1.95. The van der Waals surface area contributed by atoms with Crippen molar-refractivity contribution in [3.63, 3.8) is 0 Å². The van der Waals surface area contributed by atoms with E-state index in [2.05, 4.69) is 16.0 Å². The molecule has 0 bridgehead atoms. The van der Waals surface area contributed by atoms with Crippen LogP contribution < -0.4 is 16.0 Å². The summed E-state index contributed by atoms with van der Waals surface area (Å²) in [4.78, 5) is 12.2. The lowest BCUT2D eigenvalue weighted by molar-refractivity contribution is 0.0944. The molecule has 0 aliphatic carbocycles. The average Bonchev–Trinajstić information content (AvgIpc) is 2.49. The van der Waals surface area contributed by atoms with E-state index in [9.17, 15) is 9.18 Å². The van der Waals surface area contributed by atoms with Crippen LogP contribution in [0.5, 0.6) is 0 Å². The lowest BCUT2D eigenvalue weighted by Gasteiger charge is -2.15. The number of rotatable bonds is 4. The van der Waals surface area contributed by atoms with E-state index >= 15 is 0 Å².